The number of allylic oxidation sites excluding steroid dienone is 1. The Hall–Kier alpha value is -3.12. The van der Waals surface area contributed by atoms with E-state index in [-0.39, 0.29) is 0 Å². The van der Waals surface area contributed by atoms with Gasteiger partial charge in [0.1, 0.15) is 0 Å². The molecule has 0 atom stereocenters. The maximum Gasteiger partial charge on any atom is -0.00963 e. The molecule has 0 aliphatic heterocycles. The molecule has 0 aliphatic rings. The van der Waals surface area contributed by atoms with E-state index in [1.807, 2.05) is 0 Å². The van der Waals surface area contributed by atoms with Crippen molar-refractivity contribution in [1.82, 2.24) is 0 Å². The van der Waals surface area contributed by atoms with E-state index in [0.717, 1.165) is 11.1 Å². The molecule has 0 saturated carbocycles. The molecule has 126 valence electrons. The monoisotopic (exact) mass is 334 g/mol. The molecule has 0 amide bonds. The molecule has 0 saturated heterocycles. The molecule has 0 N–H and O–H groups in total. The van der Waals surface area contributed by atoms with Crippen molar-refractivity contribution in [2.75, 3.05) is 0 Å². The van der Waals surface area contributed by atoms with Gasteiger partial charge >= 0.3 is 0 Å². The minimum absolute atomic E-state index is 1.04. The summed E-state index contributed by atoms with van der Waals surface area (Å²) in [5.74, 6) is 0. The number of aryl methyl sites for hydroxylation is 1. The van der Waals surface area contributed by atoms with E-state index in [0.29, 0.717) is 0 Å². The van der Waals surface area contributed by atoms with Crippen molar-refractivity contribution >= 4 is 39.3 Å². The largest absolute Gasteiger partial charge is 0.0911 e. The quantitative estimate of drug-likeness (QED) is 0.419. The van der Waals surface area contributed by atoms with Crippen molar-refractivity contribution in [2.24, 2.45) is 0 Å². The first-order valence-electron chi connectivity index (χ1n) is 9.02. The minimum atomic E-state index is 1.04. The maximum absolute atomic E-state index is 4.34. The number of benzene rings is 4. The standard InChI is InChI=1S/C26H22/c1-4-21-22-9-5-6-10-23(22)24-11-7-8-12-25(24)26(21)17-19(3)20-15-13-18(2)14-16-20/h4-17H,3H2,1-2H3/b21-4-,26-17+. The lowest BCUT2D eigenvalue weighted by Crippen LogP contribution is -2.26. The van der Waals surface area contributed by atoms with Gasteiger partial charge in [-0.1, -0.05) is 91.0 Å². The normalized spacial score (nSPS) is 12.8. The summed E-state index contributed by atoms with van der Waals surface area (Å²) in [5.41, 5.74) is 3.46. The van der Waals surface area contributed by atoms with Crippen LogP contribution < -0.4 is 10.4 Å². The number of hydrogen-bond acceptors (Lipinski definition) is 0. The molecule has 4 rings (SSSR count). The Morgan fingerprint density at radius 2 is 1.19 bits per heavy atom. The Bertz CT molecular complexity index is 1240. The second-order valence-corrected chi connectivity index (χ2v) is 6.74. The molecule has 0 heteroatoms. The summed E-state index contributed by atoms with van der Waals surface area (Å²) < 4.78 is 0. The van der Waals surface area contributed by atoms with Gasteiger partial charge < -0.3 is 0 Å². The molecule has 0 fully saturated rings. The molecule has 4 aromatic carbocycles. The molecule has 0 heterocycles. The van der Waals surface area contributed by atoms with E-state index in [1.54, 1.807) is 0 Å². The summed E-state index contributed by atoms with van der Waals surface area (Å²) >= 11 is 0. The molecule has 4 aromatic rings. The second kappa shape index (κ2) is 6.65. The zero-order valence-corrected chi connectivity index (χ0v) is 15.3. The lowest BCUT2D eigenvalue weighted by Gasteiger charge is -2.08. The van der Waals surface area contributed by atoms with Crippen LogP contribution in [0.5, 0.6) is 0 Å². The third kappa shape index (κ3) is 2.74. The van der Waals surface area contributed by atoms with Crippen molar-refractivity contribution in [1.29, 1.82) is 0 Å². The SMILES string of the molecule is C=C(/C=c1\c(=C/C)c2ccccc2c2ccccc12)c1ccc(C)cc1. The highest BCUT2D eigenvalue weighted by molar-refractivity contribution is 6.09. The van der Waals surface area contributed by atoms with Gasteiger partial charge in [-0.25, -0.2) is 0 Å². The Morgan fingerprint density at radius 1 is 0.692 bits per heavy atom. The highest BCUT2D eigenvalue weighted by Gasteiger charge is 2.05. The summed E-state index contributed by atoms with van der Waals surface area (Å²) in [6, 6.07) is 25.9. The summed E-state index contributed by atoms with van der Waals surface area (Å²) in [7, 11) is 0. The van der Waals surface area contributed by atoms with Crippen LogP contribution in [0.25, 0.3) is 39.3 Å². The number of hydrogen-bond donors (Lipinski definition) is 0. The van der Waals surface area contributed by atoms with Gasteiger partial charge in [0.15, 0.2) is 0 Å². The minimum Gasteiger partial charge on any atom is -0.0911 e. The average molecular weight is 334 g/mol. The Labute approximate surface area is 154 Å². The summed E-state index contributed by atoms with van der Waals surface area (Å²) in [5, 5.41) is 7.66. The molecular weight excluding hydrogens is 312 g/mol. The van der Waals surface area contributed by atoms with Crippen LogP contribution in [-0.2, 0) is 0 Å². The van der Waals surface area contributed by atoms with Gasteiger partial charge in [0.25, 0.3) is 0 Å². The third-order valence-corrected chi connectivity index (χ3v) is 5.04. The van der Waals surface area contributed by atoms with Crippen LogP contribution in [0.3, 0.4) is 0 Å². The van der Waals surface area contributed by atoms with Crippen LogP contribution >= 0.6 is 0 Å². The van der Waals surface area contributed by atoms with Crippen LogP contribution in [0, 0.1) is 6.92 Å². The first-order chi connectivity index (χ1) is 12.7. The van der Waals surface area contributed by atoms with Crippen LogP contribution in [0.2, 0.25) is 0 Å². The van der Waals surface area contributed by atoms with Crippen molar-refractivity contribution < 1.29 is 0 Å². The van der Waals surface area contributed by atoms with Gasteiger partial charge in [0.05, 0.1) is 0 Å². The van der Waals surface area contributed by atoms with Gasteiger partial charge in [0, 0.05) is 0 Å². The maximum atomic E-state index is 4.34. The predicted octanol–water partition coefficient (Wildman–Crippen LogP) is 5.60. The Morgan fingerprint density at radius 3 is 1.73 bits per heavy atom. The van der Waals surface area contributed by atoms with E-state index in [4.69, 9.17) is 0 Å². The molecule has 26 heavy (non-hydrogen) atoms. The topological polar surface area (TPSA) is 0 Å². The zero-order chi connectivity index (χ0) is 18.1. The lowest BCUT2D eigenvalue weighted by atomic mass is 9.95. The van der Waals surface area contributed by atoms with Gasteiger partial charge in [-0.15, -0.1) is 0 Å². The van der Waals surface area contributed by atoms with Crippen molar-refractivity contribution in [3.63, 3.8) is 0 Å². The number of fused-ring (bicyclic) bond motifs is 3. The van der Waals surface area contributed by atoms with Gasteiger partial charge in [-0.2, -0.15) is 0 Å². The first kappa shape index (κ1) is 16.4. The second-order valence-electron chi connectivity index (χ2n) is 6.74. The molecule has 0 aliphatic carbocycles. The molecule has 0 unspecified atom stereocenters. The fourth-order valence-corrected chi connectivity index (χ4v) is 3.69. The van der Waals surface area contributed by atoms with Crippen LogP contribution in [-0.4, -0.2) is 0 Å². The fourth-order valence-electron chi connectivity index (χ4n) is 3.69. The molecule has 0 spiro atoms. The van der Waals surface area contributed by atoms with Gasteiger partial charge in [0.2, 0.25) is 0 Å². The predicted molar refractivity (Wildman–Crippen MR) is 116 cm³/mol. The molecule has 0 bridgehead atoms. The van der Waals surface area contributed by atoms with E-state index in [9.17, 15) is 0 Å². The van der Waals surface area contributed by atoms with E-state index in [2.05, 4.69) is 105 Å². The highest BCUT2D eigenvalue weighted by atomic mass is 14.1. The fraction of sp³-hybridized carbons (Fsp3) is 0.0769. The molecule has 0 nitrogen and oxygen atoms in total. The first-order valence-corrected chi connectivity index (χ1v) is 9.02. The van der Waals surface area contributed by atoms with E-state index >= 15 is 0 Å². The van der Waals surface area contributed by atoms with Gasteiger partial charge in [-0.05, 0) is 63.0 Å². The van der Waals surface area contributed by atoms with Crippen LogP contribution in [0.15, 0.2) is 79.4 Å². The lowest BCUT2D eigenvalue weighted by molar-refractivity contribution is 1.46. The summed E-state index contributed by atoms with van der Waals surface area (Å²) in [6.07, 6.45) is 4.44. The smallest absolute Gasteiger partial charge is 0.00963 e. The third-order valence-electron chi connectivity index (χ3n) is 5.04. The average Bonchev–Trinajstić information content (AvgIpc) is 2.68. The molecule has 0 aromatic heterocycles. The molecule has 0 radical (unpaired) electrons. The van der Waals surface area contributed by atoms with Crippen molar-refractivity contribution in [2.45, 2.75) is 13.8 Å². The highest BCUT2D eigenvalue weighted by Crippen LogP contribution is 2.21. The van der Waals surface area contributed by atoms with Crippen LogP contribution in [0.4, 0.5) is 0 Å². The Kier molecular flexibility index (Phi) is 4.18. The zero-order valence-electron chi connectivity index (χ0n) is 15.3. The van der Waals surface area contributed by atoms with E-state index in [1.165, 1.54) is 37.5 Å². The van der Waals surface area contributed by atoms with Crippen molar-refractivity contribution in [3.05, 3.63) is 101 Å². The summed E-state index contributed by atoms with van der Waals surface area (Å²) in [4.78, 5) is 0. The van der Waals surface area contributed by atoms with Gasteiger partial charge in [-0.3, -0.25) is 0 Å². The summed E-state index contributed by atoms with van der Waals surface area (Å²) in [6.45, 7) is 8.56. The molecular formula is C26H22. The van der Waals surface area contributed by atoms with Crippen LogP contribution in [0.1, 0.15) is 18.1 Å². The Balaban J connectivity index is 2.11. The van der Waals surface area contributed by atoms with E-state index < -0.39 is 0 Å². The number of rotatable bonds is 2. The van der Waals surface area contributed by atoms with Crippen molar-refractivity contribution in [3.8, 4) is 0 Å².